The van der Waals surface area contributed by atoms with Crippen molar-refractivity contribution in [1.82, 2.24) is 20.4 Å². The van der Waals surface area contributed by atoms with Crippen LogP contribution >= 0.6 is 0 Å². The Bertz CT molecular complexity index is 305. The number of rotatable bonds is 7. The number of likely N-dealkylation sites (N-methyl/N-ethyl adjacent to an activating group) is 2. The molecule has 0 radical (unpaired) electrons. The number of carbonyl (C=O) groups is 3. The van der Waals surface area contributed by atoms with Gasteiger partial charge in [0.15, 0.2) is 0 Å². The summed E-state index contributed by atoms with van der Waals surface area (Å²) in [4.78, 5) is 36.5. The third kappa shape index (κ3) is 8.51. The normalized spacial score (nSPS) is 10.1. The first-order chi connectivity index (χ1) is 8.32. The first kappa shape index (κ1) is 16.4. The van der Waals surface area contributed by atoms with Gasteiger partial charge in [-0.1, -0.05) is 0 Å². The fourth-order valence-electron chi connectivity index (χ4n) is 1.17. The molecule has 2 N–H and O–H groups in total. The fraction of sp³-hybridized carbons (Fsp3) is 0.727. The highest BCUT2D eigenvalue weighted by Crippen LogP contribution is 1.86. The van der Waals surface area contributed by atoms with Gasteiger partial charge in [0.05, 0.1) is 13.1 Å². The molecule has 0 aliphatic rings. The Balaban J connectivity index is 3.74. The summed E-state index contributed by atoms with van der Waals surface area (Å²) in [7, 11) is 5.04. The van der Waals surface area contributed by atoms with E-state index in [0.717, 1.165) is 0 Å². The Morgan fingerprint density at radius 3 is 2.00 bits per heavy atom. The van der Waals surface area contributed by atoms with Crippen molar-refractivity contribution in [1.29, 1.82) is 0 Å². The minimum Gasteiger partial charge on any atom is -0.355 e. The van der Waals surface area contributed by atoms with Crippen LogP contribution in [0.15, 0.2) is 0 Å². The smallest absolute Gasteiger partial charge is 0.236 e. The van der Waals surface area contributed by atoms with Gasteiger partial charge in [-0.2, -0.15) is 0 Å². The molecule has 0 aromatic carbocycles. The molecular weight excluding hydrogens is 236 g/mol. The molecule has 0 heterocycles. The zero-order valence-corrected chi connectivity index (χ0v) is 11.4. The predicted octanol–water partition coefficient (Wildman–Crippen LogP) is -1.74. The number of hydrogen-bond acceptors (Lipinski definition) is 4. The lowest BCUT2D eigenvalue weighted by molar-refractivity contribution is -0.130. The molecule has 0 bridgehead atoms. The molecule has 0 fully saturated rings. The fourth-order valence-corrected chi connectivity index (χ4v) is 1.17. The van der Waals surface area contributed by atoms with Gasteiger partial charge in [0.25, 0.3) is 0 Å². The molecular formula is C11H22N4O3. The predicted molar refractivity (Wildman–Crippen MR) is 67.9 cm³/mol. The second-order valence-corrected chi connectivity index (χ2v) is 4.29. The molecule has 0 unspecified atom stereocenters. The van der Waals surface area contributed by atoms with Crippen LogP contribution in [-0.4, -0.2) is 74.8 Å². The molecule has 0 aliphatic carbocycles. The van der Waals surface area contributed by atoms with Gasteiger partial charge in [0.1, 0.15) is 0 Å². The number of amides is 3. The van der Waals surface area contributed by atoms with E-state index in [1.54, 1.807) is 26.0 Å². The van der Waals surface area contributed by atoms with Crippen LogP contribution in [0.4, 0.5) is 0 Å². The van der Waals surface area contributed by atoms with E-state index in [9.17, 15) is 14.4 Å². The van der Waals surface area contributed by atoms with Gasteiger partial charge in [0.2, 0.25) is 17.7 Å². The zero-order valence-electron chi connectivity index (χ0n) is 11.4. The third-order valence-corrected chi connectivity index (χ3v) is 2.14. The molecule has 0 saturated heterocycles. The second kappa shape index (κ2) is 8.46. The van der Waals surface area contributed by atoms with Gasteiger partial charge in [-0.3, -0.25) is 19.3 Å². The summed E-state index contributed by atoms with van der Waals surface area (Å²) in [6, 6.07) is 0. The van der Waals surface area contributed by atoms with Crippen LogP contribution in [0.2, 0.25) is 0 Å². The van der Waals surface area contributed by atoms with Crippen molar-refractivity contribution < 1.29 is 14.4 Å². The van der Waals surface area contributed by atoms with Crippen molar-refractivity contribution in [2.75, 3.05) is 47.3 Å². The molecule has 7 heteroatoms. The van der Waals surface area contributed by atoms with Crippen molar-refractivity contribution in [3.05, 3.63) is 0 Å². The van der Waals surface area contributed by atoms with E-state index in [1.807, 2.05) is 0 Å². The van der Waals surface area contributed by atoms with Gasteiger partial charge in [-0.25, -0.2) is 0 Å². The highest BCUT2D eigenvalue weighted by Gasteiger charge is 2.11. The average molecular weight is 258 g/mol. The van der Waals surface area contributed by atoms with Gasteiger partial charge >= 0.3 is 0 Å². The maximum atomic E-state index is 11.5. The summed E-state index contributed by atoms with van der Waals surface area (Å²) in [5.41, 5.74) is 0. The van der Waals surface area contributed by atoms with Crippen molar-refractivity contribution in [2.24, 2.45) is 0 Å². The summed E-state index contributed by atoms with van der Waals surface area (Å²) < 4.78 is 0. The largest absolute Gasteiger partial charge is 0.355 e. The maximum Gasteiger partial charge on any atom is 0.236 e. The molecule has 0 aromatic heterocycles. The van der Waals surface area contributed by atoms with E-state index < -0.39 is 0 Å². The quantitative estimate of drug-likeness (QED) is 0.531. The number of carbonyl (C=O) groups excluding carboxylic acids is 3. The Kier molecular flexibility index (Phi) is 7.69. The summed E-state index contributed by atoms with van der Waals surface area (Å²) in [5.74, 6) is -0.351. The van der Waals surface area contributed by atoms with E-state index in [2.05, 4.69) is 10.6 Å². The lowest BCUT2D eigenvalue weighted by Gasteiger charge is -2.18. The molecule has 7 nitrogen and oxygen atoms in total. The minimum atomic E-state index is -0.172. The van der Waals surface area contributed by atoms with Gasteiger partial charge in [0, 0.05) is 34.1 Å². The van der Waals surface area contributed by atoms with Crippen LogP contribution in [0.25, 0.3) is 0 Å². The molecule has 0 spiro atoms. The molecule has 18 heavy (non-hydrogen) atoms. The number of hydrogen-bond donors (Lipinski definition) is 2. The summed E-state index contributed by atoms with van der Waals surface area (Å²) in [5, 5.41) is 5.22. The van der Waals surface area contributed by atoms with E-state index in [4.69, 9.17) is 0 Å². The average Bonchev–Trinajstić information content (AvgIpc) is 2.23. The number of nitrogens with zero attached hydrogens (tertiary/aromatic N) is 2. The summed E-state index contributed by atoms with van der Waals surface area (Å²) >= 11 is 0. The van der Waals surface area contributed by atoms with Crippen molar-refractivity contribution in [3.8, 4) is 0 Å². The number of nitrogens with one attached hydrogen (secondary N) is 2. The molecule has 104 valence electrons. The highest BCUT2D eigenvalue weighted by molar-refractivity contribution is 5.81. The molecule has 3 amide bonds. The first-order valence-corrected chi connectivity index (χ1v) is 5.72. The lowest BCUT2D eigenvalue weighted by atomic mass is 10.4. The topological polar surface area (TPSA) is 81.8 Å². The maximum absolute atomic E-state index is 11.5. The van der Waals surface area contributed by atoms with Crippen LogP contribution in [0, 0.1) is 0 Å². The molecule has 0 atom stereocenters. The minimum absolute atomic E-state index is 0.0523. The Morgan fingerprint density at radius 2 is 1.50 bits per heavy atom. The van der Waals surface area contributed by atoms with Crippen LogP contribution < -0.4 is 10.6 Å². The SMILES string of the molecule is CC(=O)NCCNC(=O)CN(C)CC(=O)N(C)C. The monoisotopic (exact) mass is 258 g/mol. The Hall–Kier alpha value is -1.63. The Labute approximate surface area is 107 Å². The van der Waals surface area contributed by atoms with Crippen molar-refractivity contribution >= 4 is 17.7 Å². The summed E-state index contributed by atoms with van der Waals surface area (Å²) in [6.45, 7) is 2.56. The van der Waals surface area contributed by atoms with Crippen molar-refractivity contribution in [3.63, 3.8) is 0 Å². The van der Waals surface area contributed by atoms with Gasteiger partial charge < -0.3 is 15.5 Å². The van der Waals surface area contributed by atoms with Crippen LogP contribution in [-0.2, 0) is 14.4 Å². The van der Waals surface area contributed by atoms with Crippen LogP contribution in [0.3, 0.4) is 0 Å². The zero-order chi connectivity index (χ0) is 14.1. The molecule has 0 aromatic rings. The van der Waals surface area contributed by atoms with Crippen LogP contribution in [0.1, 0.15) is 6.92 Å². The van der Waals surface area contributed by atoms with E-state index in [-0.39, 0.29) is 30.8 Å². The van der Waals surface area contributed by atoms with Crippen molar-refractivity contribution in [2.45, 2.75) is 6.92 Å². The molecule has 0 aliphatic heterocycles. The van der Waals surface area contributed by atoms with E-state index in [0.29, 0.717) is 13.1 Å². The van der Waals surface area contributed by atoms with E-state index >= 15 is 0 Å². The van der Waals surface area contributed by atoms with Gasteiger partial charge in [-0.15, -0.1) is 0 Å². The lowest BCUT2D eigenvalue weighted by Crippen LogP contribution is -2.42. The molecule has 0 rings (SSSR count). The standard InChI is InChI=1S/C11H22N4O3/c1-9(16)12-5-6-13-10(17)7-15(4)8-11(18)14(2)3/h5-8H2,1-4H3,(H,12,16)(H,13,17). The van der Waals surface area contributed by atoms with Crippen LogP contribution in [0.5, 0.6) is 0 Å². The highest BCUT2D eigenvalue weighted by atomic mass is 16.2. The first-order valence-electron chi connectivity index (χ1n) is 5.72. The van der Waals surface area contributed by atoms with E-state index in [1.165, 1.54) is 11.8 Å². The second-order valence-electron chi connectivity index (χ2n) is 4.29. The third-order valence-electron chi connectivity index (χ3n) is 2.14. The summed E-state index contributed by atoms with van der Waals surface area (Å²) in [6.07, 6.45) is 0. The Morgan fingerprint density at radius 1 is 0.944 bits per heavy atom. The molecule has 0 saturated carbocycles. The van der Waals surface area contributed by atoms with Gasteiger partial charge in [-0.05, 0) is 7.05 Å².